The number of aryl methyl sites for hydroxylation is 1. The number of carbonyl (C=O) groups excluding carboxylic acids is 1. The second-order valence-corrected chi connectivity index (χ2v) is 6.05. The van der Waals surface area contributed by atoms with Gasteiger partial charge in [-0.15, -0.1) is 0 Å². The zero-order chi connectivity index (χ0) is 16.9. The SMILES string of the molecule is CCc1ccc(C2COCCN2CC(=O)N(C)Cc2ccco2)o1. The van der Waals surface area contributed by atoms with E-state index >= 15 is 0 Å². The van der Waals surface area contributed by atoms with Gasteiger partial charge in [0, 0.05) is 20.0 Å². The summed E-state index contributed by atoms with van der Waals surface area (Å²) < 4.78 is 16.8. The van der Waals surface area contributed by atoms with Crippen LogP contribution in [0.4, 0.5) is 0 Å². The number of ether oxygens (including phenoxy) is 1. The lowest BCUT2D eigenvalue weighted by Crippen LogP contribution is -2.45. The van der Waals surface area contributed by atoms with E-state index in [4.69, 9.17) is 13.6 Å². The summed E-state index contributed by atoms with van der Waals surface area (Å²) in [4.78, 5) is 16.4. The van der Waals surface area contributed by atoms with Crippen molar-refractivity contribution < 1.29 is 18.4 Å². The summed E-state index contributed by atoms with van der Waals surface area (Å²) in [5.74, 6) is 2.66. The molecule has 1 atom stereocenters. The Morgan fingerprint density at radius 3 is 2.92 bits per heavy atom. The Balaban J connectivity index is 1.63. The highest BCUT2D eigenvalue weighted by Crippen LogP contribution is 2.26. The summed E-state index contributed by atoms with van der Waals surface area (Å²) >= 11 is 0. The fourth-order valence-corrected chi connectivity index (χ4v) is 2.87. The molecule has 0 radical (unpaired) electrons. The summed E-state index contributed by atoms with van der Waals surface area (Å²) in [6.45, 7) is 4.77. The van der Waals surface area contributed by atoms with Crippen LogP contribution in [0, 0.1) is 0 Å². The largest absolute Gasteiger partial charge is 0.467 e. The van der Waals surface area contributed by atoms with Gasteiger partial charge in [0.2, 0.25) is 5.91 Å². The minimum absolute atomic E-state index is 0.0139. The number of amides is 1. The van der Waals surface area contributed by atoms with E-state index in [9.17, 15) is 4.79 Å². The van der Waals surface area contributed by atoms with Crippen molar-refractivity contribution >= 4 is 5.91 Å². The van der Waals surface area contributed by atoms with Crippen molar-refractivity contribution in [1.29, 1.82) is 0 Å². The van der Waals surface area contributed by atoms with Crippen LogP contribution in [-0.4, -0.2) is 49.1 Å². The van der Waals surface area contributed by atoms with Crippen molar-refractivity contribution in [3.05, 3.63) is 47.8 Å². The quantitative estimate of drug-likeness (QED) is 0.813. The second kappa shape index (κ2) is 7.68. The fourth-order valence-electron chi connectivity index (χ4n) is 2.87. The minimum Gasteiger partial charge on any atom is -0.467 e. The van der Waals surface area contributed by atoms with Gasteiger partial charge in [-0.1, -0.05) is 6.92 Å². The Morgan fingerprint density at radius 1 is 1.33 bits per heavy atom. The van der Waals surface area contributed by atoms with E-state index in [-0.39, 0.29) is 11.9 Å². The lowest BCUT2D eigenvalue weighted by atomic mass is 10.1. The first-order valence-corrected chi connectivity index (χ1v) is 8.34. The maximum atomic E-state index is 12.5. The molecule has 0 aliphatic carbocycles. The van der Waals surface area contributed by atoms with Crippen LogP contribution in [0.3, 0.4) is 0 Å². The molecule has 3 heterocycles. The average molecular weight is 332 g/mol. The predicted molar refractivity (Wildman–Crippen MR) is 88.4 cm³/mol. The van der Waals surface area contributed by atoms with Crippen LogP contribution in [-0.2, 0) is 22.5 Å². The smallest absolute Gasteiger partial charge is 0.236 e. The first-order chi connectivity index (χ1) is 11.7. The van der Waals surface area contributed by atoms with Crippen molar-refractivity contribution in [3.63, 3.8) is 0 Å². The molecule has 0 aromatic carbocycles. The van der Waals surface area contributed by atoms with Gasteiger partial charge in [-0.3, -0.25) is 9.69 Å². The van der Waals surface area contributed by atoms with Gasteiger partial charge in [-0.05, 0) is 24.3 Å². The number of carbonyl (C=O) groups is 1. The maximum Gasteiger partial charge on any atom is 0.236 e. The van der Waals surface area contributed by atoms with E-state index in [0.29, 0.717) is 32.8 Å². The normalized spacial score (nSPS) is 18.7. The third kappa shape index (κ3) is 3.88. The summed E-state index contributed by atoms with van der Waals surface area (Å²) in [6, 6.07) is 7.67. The molecule has 0 N–H and O–H groups in total. The Hall–Kier alpha value is -2.05. The summed E-state index contributed by atoms with van der Waals surface area (Å²) in [5.41, 5.74) is 0. The maximum absolute atomic E-state index is 12.5. The number of morpholine rings is 1. The average Bonchev–Trinajstić information content (AvgIpc) is 3.26. The van der Waals surface area contributed by atoms with Gasteiger partial charge in [0.1, 0.15) is 17.3 Å². The van der Waals surface area contributed by atoms with Gasteiger partial charge in [0.05, 0.1) is 38.6 Å². The molecule has 0 spiro atoms. The summed E-state index contributed by atoms with van der Waals surface area (Å²) in [6.07, 6.45) is 2.48. The highest BCUT2D eigenvalue weighted by atomic mass is 16.5. The predicted octanol–water partition coefficient (Wildman–Crippen LogP) is 2.47. The van der Waals surface area contributed by atoms with E-state index in [1.54, 1.807) is 18.2 Å². The molecule has 6 heteroatoms. The molecular weight excluding hydrogens is 308 g/mol. The van der Waals surface area contributed by atoms with Gasteiger partial charge < -0.3 is 18.5 Å². The van der Waals surface area contributed by atoms with Gasteiger partial charge in [-0.25, -0.2) is 0 Å². The fraction of sp³-hybridized carbons (Fsp3) is 0.500. The highest BCUT2D eigenvalue weighted by molar-refractivity contribution is 5.78. The molecule has 1 aliphatic heterocycles. The molecular formula is C18H24N2O4. The van der Waals surface area contributed by atoms with Crippen LogP contribution in [0.25, 0.3) is 0 Å². The van der Waals surface area contributed by atoms with E-state index < -0.39 is 0 Å². The van der Waals surface area contributed by atoms with Crippen LogP contribution in [0.2, 0.25) is 0 Å². The zero-order valence-electron chi connectivity index (χ0n) is 14.2. The van der Waals surface area contributed by atoms with Crippen molar-refractivity contribution in [3.8, 4) is 0 Å². The molecule has 1 amide bonds. The molecule has 1 saturated heterocycles. The zero-order valence-corrected chi connectivity index (χ0v) is 14.2. The number of hydrogen-bond donors (Lipinski definition) is 0. The van der Waals surface area contributed by atoms with E-state index in [1.165, 1.54) is 0 Å². The molecule has 1 fully saturated rings. The van der Waals surface area contributed by atoms with Gasteiger partial charge >= 0.3 is 0 Å². The number of likely N-dealkylation sites (N-methyl/N-ethyl adjacent to an activating group) is 1. The molecule has 130 valence electrons. The van der Waals surface area contributed by atoms with Gasteiger partial charge in [0.25, 0.3) is 0 Å². The first kappa shape index (κ1) is 16.8. The third-order valence-electron chi connectivity index (χ3n) is 4.34. The molecule has 0 saturated carbocycles. The number of rotatable bonds is 6. The summed E-state index contributed by atoms with van der Waals surface area (Å²) in [5, 5.41) is 0. The monoisotopic (exact) mass is 332 g/mol. The van der Waals surface area contributed by atoms with Gasteiger partial charge in [0.15, 0.2) is 0 Å². The topological polar surface area (TPSA) is 59.1 Å². The van der Waals surface area contributed by atoms with Crippen molar-refractivity contribution in [1.82, 2.24) is 9.80 Å². The Labute approximate surface area is 142 Å². The van der Waals surface area contributed by atoms with Crippen LogP contribution in [0.15, 0.2) is 39.4 Å². The molecule has 6 nitrogen and oxygen atoms in total. The van der Waals surface area contributed by atoms with Crippen molar-refractivity contribution in [2.45, 2.75) is 25.9 Å². The minimum atomic E-state index is -0.0139. The number of furan rings is 2. The first-order valence-electron chi connectivity index (χ1n) is 8.34. The summed E-state index contributed by atoms with van der Waals surface area (Å²) in [7, 11) is 1.79. The number of hydrogen-bond acceptors (Lipinski definition) is 5. The third-order valence-corrected chi connectivity index (χ3v) is 4.34. The Morgan fingerprint density at radius 2 is 2.21 bits per heavy atom. The van der Waals surface area contributed by atoms with Crippen LogP contribution in [0.1, 0.15) is 30.2 Å². The highest BCUT2D eigenvalue weighted by Gasteiger charge is 2.29. The molecule has 3 rings (SSSR count). The lowest BCUT2D eigenvalue weighted by molar-refractivity contribution is -0.134. The molecule has 2 aromatic rings. The molecule has 1 unspecified atom stereocenters. The van der Waals surface area contributed by atoms with Gasteiger partial charge in [-0.2, -0.15) is 0 Å². The lowest BCUT2D eigenvalue weighted by Gasteiger charge is -2.34. The Kier molecular flexibility index (Phi) is 5.37. The van der Waals surface area contributed by atoms with Crippen LogP contribution < -0.4 is 0 Å². The Bertz CT molecular complexity index is 650. The van der Waals surface area contributed by atoms with Crippen molar-refractivity contribution in [2.24, 2.45) is 0 Å². The standard InChI is InChI=1S/C18H24N2O4/c1-3-14-6-7-17(24-14)16-13-22-10-8-20(16)12-18(21)19(2)11-15-5-4-9-23-15/h4-7,9,16H,3,8,10-13H2,1-2H3. The molecule has 0 bridgehead atoms. The number of nitrogens with zero attached hydrogens (tertiary/aromatic N) is 2. The van der Waals surface area contributed by atoms with Crippen molar-refractivity contribution in [2.75, 3.05) is 33.4 Å². The van der Waals surface area contributed by atoms with Crippen LogP contribution >= 0.6 is 0 Å². The van der Waals surface area contributed by atoms with Crippen LogP contribution in [0.5, 0.6) is 0 Å². The second-order valence-electron chi connectivity index (χ2n) is 6.05. The van der Waals surface area contributed by atoms with E-state index in [1.807, 2.05) is 24.3 Å². The molecule has 1 aliphatic rings. The molecule has 2 aromatic heterocycles. The van der Waals surface area contributed by atoms with E-state index in [2.05, 4.69) is 11.8 Å². The molecule has 24 heavy (non-hydrogen) atoms. The van der Waals surface area contributed by atoms with E-state index in [0.717, 1.165) is 23.7 Å².